The van der Waals surface area contributed by atoms with Gasteiger partial charge in [0.05, 0.1) is 0 Å². The molecule has 2 heteroatoms. The van der Waals surface area contributed by atoms with Crippen LogP contribution in [0.5, 0.6) is 0 Å². The van der Waals surface area contributed by atoms with Crippen molar-refractivity contribution >= 4 is 0 Å². The van der Waals surface area contributed by atoms with Crippen LogP contribution in [-0.4, -0.2) is 5.16 Å². The molecule has 3 aromatic rings. The summed E-state index contributed by atoms with van der Waals surface area (Å²) in [6.07, 6.45) is 2.18. The second-order valence-corrected chi connectivity index (χ2v) is 4.85. The molecule has 0 N–H and O–H groups in total. The second-order valence-electron chi connectivity index (χ2n) is 4.85. The lowest BCUT2D eigenvalue weighted by atomic mass is 10.0. The van der Waals surface area contributed by atoms with Gasteiger partial charge in [-0.25, -0.2) is 0 Å². The minimum Gasteiger partial charge on any atom is -0.356 e. The Labute approximate surface area is 119 Å². The highest BCUT2D eigenvalue weighted by molar-refractivity contribution is 5.69. The van der Waals surface area contributed by atoms with E-state index in [1.165, 1.54) is 11.1 Å². The Kier molecular flexibility index (Phi) is 3.64. The summed E-state index contributed by atoms with van der Waals surface area (Å²) >= 11 is 0. The zero-order valence-electron chi connectivity index (χ0n) is 11.5. The SMILES string of the molecule is CCCc1ccccc1-c1cc(-c2ccccc2)on1. The van der Waals surface area contributed by atoms with E-state index in [1.807, 2.05) is 42.5 Å². The van der Waals surface area contributed by atoms with Gasteiger partial charge in [0.1, 0.15) is 5.69 Å². The summed E-state index contributed by atoms with van der Waals surface area (Å²) in [4.78, 5) is 0. The van der Waals surface area contributed by atoms with Crippen LogP contribution in [0, 0.1) is 0 Å². The fourth-order valence-electron chi connectivity index (χ4n) is 2.40. The predicted molar refractivity (Wildman–Crippen MR) is 81.4 cm³/mol. The van der Waals surface area contributed by atoms with E-state index in [9.17, 15) is 0 Å². The molecule has 100 valence electrons. The Morgan fingerprint density at radius 2 is 1.70 bits per heavy atom. The van der Waals surface area contributed by atoms with Gasteiger partial charge in [-0.2, -0.15) is 0 Å². The standard InChI is InChI=1S/C18H17NO/c1-2-8-14-9-6-7-12-16(14)17-13-18(20-19-17)15-10-4-3-5-11-15/h3-7,9-13H,2,8H2,1H3. The van der Waals surface area contributed by atoms with Gasteiger partial charge in [0.25, 0.3) is 0 Å². The number of aryl methyl sites for hydroxylation is 1. The van der Waals surface area contributed by atoms with Crippen LogP contribution in [0.2, 0.25) is 0 Å². The van der Waals surface area contributed by atoms with Crippen LogP contribution >= 0.6 is 0 Å². The highest BCUT2D eigenvalue weighted by Crippen LogP contribution is 2.28. The molecular formula is C18H17NO. The third-order valence-corrected chi connectivity index (χ3v) is 3.38. The zero-order chi connectivity index (χ0) is 13.8. The molecule has 2 nitrogen and oxygen atoms in total. The van der Waals surface area contributed by atoms with Crippen molar-refractivity contribution in [2.24, 2.45) is 0 Å². The van der Waals surface area contributed by atoms with Crippen LogP contribution in [0.3, 0.4) is 0 Å². The first-order valence-electron chi connectivity index (χ1n) is 6.99. The average molecular weight is 263 g/mol. The van der Waals surface area contributed by atoms with Crippen LogP contribution in [-0.2, 0) is 6.42 Å². The lowest BCUT2D eigenvalue weighted by Crippen LogP contribution is -1.88. The second kappa shape index (κ2) is 5.74. The summed E-state index contributed by atoms with van der Waals surface area (Å²) in [7, 11) is 0. The van der Waals surface area contributed by atoms with Crippen molar-refractivity contribution in [1.82, 2.24) is 5.16 Å². The molecule has 0 fully saturated rings. The van der Waals surface area contributed by atoms with Crippen LogP contribution in [0.15, 0.2) is 65.2 Å². The molecule has 3 rings (SSSR count). The molecule has 0 saturated heterocycles. The van der Waals surface area contributed by atoms with E-state index in [0.29, 0.717) is 0 Å². The number of nitrogens with zero attached hydrogens (tertiary/aromatic N) is 1. The minimum absolute atomic E-state index is 0.812. The fraction of sp³-hybridized carbons (Fsp3) is 0.167. The zero-order valence-corrected chi connectivity index (χ0v) is 11.5. The number of benzene rings is 2. The molecule has 20 heavy (non-hydrogen) atoms. The van der Waals surface area contributed by atoms with E-state index in [0.717, 1.165) is 29.9 Å². The third-order valence-electron chi connectivity index (χ3n) is 3.38. The summed E-state index contributed by atoms with van der Waals surface area (Å²) in [6.45, 7) is 2.19. The maximum Gasteiger partial charge on any atom is 0.167 e. The van der Waals surface area contributed by atoms with Crippen molar-refractivity contribution in [1.29, 1.82) is 0 Å². The van der Waals surface area contributed by atoms with E-state index < -0.39 is 0 Å². The summed E-state index contributed by atoms with van der Waals surface area (Å²) in [5, 5.41) is 4.23. The largest absolute Gasteiger partial charge is 0.356 e. The lowest BCUT2D eigenvalue weighted by Gasteiger charge is -2.04. The molecule has 2 aromatic carbocycles. The van der Waals surface area contributed by atoms with Crippen LogP contribution < -0.4 is 0 Å². The lowest BCUT2D eigenvalue weighted by molar-refractivity contribution is 0.435. The molecule has 0 radical (unpaired) electrons. The van der Waals surface area contributed by atoms with E-state index in [-0.39, 0.29) is 0 Å². The molecule has 0 spiro atoms. The Hall–Kier alpha value is -2.35. The fourth-order valence-corrected chi connectivity index (χ4v) is 2.40. The van der Waals surface area contributed by atoms with Gasteiger partial charge in [0.15, 0.2) is 5.76 Å². The molecule has 0 amide bonds. The molecule has 0 aliphatic heterocycles. The molecule has 0 aliphatic rings. The number of hydrogen-bond donors (Lipinski definition) is 0. The van der Waals surface area contributed by atoms with Crippen molar-refractivity contribution in [3.63, 3.8) is 0 Å². The molecule has 1 aromatic heterocycles. The molecule has 0 unspecified atom stereocenters. The maximum atomic E-state index is 5.49. The highest BCUT2D eigenvalue weighted by atomic mass is 16.5. The van der Waals surface area contributed by atoms with Crippen LogP contribution in [0.4, 0.5) is 0 Å². The van der Waals surface area contributed by atoms with Crippen molar-refractivity contribution in [3.8, 4) is 22.6 Å². The quantitative estimate of drug-likeness (QED) is 0.664. The topological polar surface area (TPSA) is 26.0 Å². The molecule has 0 saturated carbocycles. The summed E-state index contributed by atoms with van der Waals surface area (Å²) < 4.78 is 5.49. The Bertz CT molecular complexity index is 685. The first kappa shape index (κ1) is 12.7. The van der Waals surface area contributed by atoms with Gasteiger partial charge in [-0.15, -0.1) is 0 Å². The van der Waals surface area contributed by atoms with E-state index >= 15 is 0 Å². The van der Waals surface area contributed by atoms with Crippen molar-refractivity contribution in [2.45, 2.75) is 19.8 Å². The highest BCUT2D eigenvalue weighted by Gasteiger charge is 2.11. The van der Waals surface area contributed by atoms with Crippen LogP contribution in [0.25, 0.3) is 22.6 Å². The number of aromatic nitrogens is 1. The summed E-state index contributed by atoms with van der Waals surface area (Å²) in [5.41, 5.74) is 4.45. The molecular weight excluding hydrogens is 246 g/mol. The van der Waals surface area contributed by atoms with Crippen molar-refractivity contribution < 1.29 is 4.52 Å². The number of rotatable bonds is 4. The Morgan fingerprint density at radius 3 is 2.50 bits per heavy atom. The van der Waals surface area contributed by atoms with E-state index in [4.69, 9.17) is 4.52 Å². The first-order valence-corrected chi connectivity index (χ1v) is 6.99. The summed E-state index contributed by atoms with van der Waals surface area (Å²) in [6, 6.07) is 20.5. The van der Waals surface area contributed by atoms with Gasteiger partial charge in [0.2, 0.25) is 0 Å². The van der Waals surface area contributed by atoms with Gasteiger partial charge in [-0.1, -0.05) is 73.1 Å². The summed E-state index contributed by atoms with van der Waals surface area (Å²) in [5.74, 6) is 0.812. The Morgan fingerprint density at radius 1 is 0.950 bits per heavy atom. The maximum absolute atomic E-state index is 5.49. The average Bonchev–Trinajstić information content (AvgIpc) is 2.99. The van der Waals surface area contributed by atoms with E-state index in [1.54, 1.807) is 0 Å². The van der Waals surface area contributed by atoms with E-state index in [2.05, 4.69) is 30.3 Å². The van der Waals surface area contributed by atoms with Gasteiger partial charge >= 0.3 is 0 Å². The van der Waals surface area contributed by atoms with Crippen LogP contribution in [0.1, 0.15) is 18.9 Å². The molecule has 0 bridgehead atoms. The predicted octanol–water partition coefficient (Wildman–Crippen LogP) is 4.96. The third kappa shape index (κ3) is 2.50. The first-order chi connectivity index (χ1) is 9.88. The van der Waals surface area contributed by atoms with Gasteiger partial charge in [-0.3, -0.25) is 0 Å². The van der Waals surface area contributed by atoms with Gasteiger partial charge in [-0.05, 0) is 12.0 Å². The van der Waals surface area contributed by atoms with Crippen molar-refractivity contribution in [2.75, 3.05) is 0 Å². The van der Waals surface area contributed by atoms with Gasteiger partial charge in [0, 0.05) is 17.2 Å². The molecule has 0 aliphatic carbocycles. The Balaban J connectivity index is 1.98. The van der Waals surface area contributed by atoms with Crippen molar-refractivity contribution in [3.05, 3.63) is 66.2 Å². The normalized spacial score (nSPS) is 10.7. The molecule has 1 heterocycles. The monoisotopic (exact) mass is 263 g/mol. The minimum atomic E-state index is 0.812. The number of hydrogen-bond acceptors (Lipinski definition) is 2. The smallest absolute Gasteiger partial charge is 0.167 e. The van der Waals surface area contributed by atoms with Gasteiger partial charge < -0.3 is 4.52 Å². The molecule has 0 atom stereocenters.